The monoisotopic (exact) mass is 448 g/mol. The van der Waals surface area contributed by atoms with Crippen LogP contribution in [0.1, 0.15) is 41.4 Å². The van der Waals surface area contributed by atoms with E-state index in [-0.39, 0.29) is 5.91 Å². The zero-order valence-electron chi connectivity index (χ0n) is 18.8. The number of aryl methyl sites for hydroxylation is 2. The van der Waals surface area contributed by atoms with Crippen LogP contribution in [-0.4, -0.2) is 37.7 Å². The lowest BCUT2D eigenvalue weighted by atomic mass is 10.1. The molecule has 4 rings (SSSR count). The normalized spacial score (nSPS) is 11.9. The van der Waals surface area contributed by atoms with Crippen molar-refractivity contribution in [3.8, 4) is 0 Å². The fraction of sp³-hybridized carbons (Fsp3) is 0.261. The Labute approximate surface area is 190 Å². The fourth-order valence-corrected chi connectivity index (χ4v) is 3.49. The number of aromatic nitrogens is 5. The van der Waals surface area contributed by atoms with E-state index in [9.17, 15) is 9.18 Å². The quantitative estimate of drug-likeness (QED) is 0.389. The third-order valence-electron chi connectivity index (χ3n) is 5.26. The third kappa shape index (κ3) is 4.74. The van der Waals surface area contributed by atoms with Crippen molar-refractivity contribution in [1.29, 1.82) is 0 Å². The van der Waals surface area contributed by atoms with Gasteiger partial charge in [0, 0.05) is 31.0 Å². The molecule has 0 fully saturated rings. The first kappa shape index (κ1) is 22.1. The van der Waals surface area contributed by atoms with Crippen LogP contribution in [-0.2, 0) is 6.54 Å². The Kier molecular flexibility index (Phi) is 6.16. The molecule has 0 unspecified atom stereocenters. The highest BCUT2D eigenvalue weighted by atomic mass is 19.1. The van der Waals surface area contributed by atoms with E-state index in [2.05, 4.69) is 36.0 Å². The Morgan fingerprint density at radius 1 is 1.21 bits per heavy atom. The zero-order valence-corrected chi connectivity index (χ0v) is 18.8. The van der Waals surface area contributed by atoms with Crippen molar-refractivity contribution in [3.63, 3.8) is 0 Å². The van der Waals surface area contributed by atoms with Gasteiger partial charge in [-0.05, 0) is 50.6 Å². The SMILES string of the molecule is CCn1cc2ncc(N[C@@H](C)c3cc(NC(=O)c4cnc(NC)c(C)c4)ccc3F)nc2n1. The van der Waals surface area contributed by atoms with Crippen LogP contribution in [0.25, 0.3) is 11.2 Å². The molecule has 3 heterocycles. The number of pyridine rings is 1. The largest absolute Gasteiger partial charge is 0.373 e. The Morgan fingerprint density at radius 2 is 2.03 bits per heavy atom. The maximum Gasteiger partial charge on any atom is 0.257 e. The van der Waals surface area contributed by atoms with Gasteiger partial charge in [-0.25, -0.2) is 19.3 Å². The third-order valence-corrected chi connectivity index (χ3v) is 5.26. The Balaban J connectivity index is 1.51. The molecule has 170 valence electrons. The summed E-state index contributed by atoms with van der Waals surface area (Å²) in [7, 11) is 1.77. The molecule has 1 atom stereocenters. The number of rotatable bonds is 7. The van der Waals surface area contributed by atoms with Crippen LogP contribution in [0.4, 0.5) is 21.7 Å². The van der Waals surface area contributed by atoms with Crippen molar-refractivity contribution in [2.45, 2.75) is 33.4 Å². The van der Waals surface area contributed by atoms with Gasteiger partial charge in [-0.1, -0.05) is 0 Å². The van der Waals surface area contributed by atoms with Crippen molar-refractivity contribution in [1.82, 2.24) is 24.7 Å². The second kappa shape index (κ2) is 9.19. The van der Waals surface area contributed by atoms with Crippen molar-refractivity contribution in [2.24, 2.45) is 0 Å². The van der Waals surface area contributed by atoms with Gasteiger partial charge in [0.25, 0.3) is 5.91 Å². The van der Waals surface area contributed by atoms with Crippen molar-refractivity contribution >= 4 is 34.4 Å². The summed E-state index contributed by atoms with van der Waals surface area (Å²) in [5.74, 6) is 0.470. The van der Waals surface area contributed by atoms with Crippen LogP contribution in [0.2, 0.25) is 0 Å². The maximum absolute atomic E-state index is 14.6. The summed E-state index contributed by atoms with van der Waals surface area (Å²) >= 11 is 0. The lowest BCUT2D eigenvalue weighted by Gasteiger charge is -2.17. The van der Waals surface area contributed by atoms with Crippen molar-refractivity contribution in [2.75, 3.05) is 23.0 Å². The minimum Gasteiger partial charge on any atom is -0.373 e. The number of anilines is 3. The number of amides is 1. The van der Waals surface area contributed by atoms with Gasteiger partial charge >= 0.3 is 0 Å². The summed E-state index contributed by atoms with van der Waals surface area (Å²) in [4.78, 5) is 25.7. The molecule has 4 aromatic rings. The highest BCUT2D eigenvalue weighted by Gasteiger charge is 2.15. The number of nitrogens with zero attached hydrogens (tertiary/aromatic N) is 5. The molecule has 0 aliphatic heterocycles. The van der Waals surface area contributed by atoms with Gasteiger partial charge in [0.1, 0.15) is 23.0 Å². The number of fused-ring (bicyclic) bond motifs is 1. The van der Waals surface area contributed by atoms with Crippen LogP contribution in [0.5, 0.6) is 0 Å². The molecule has 0 bridgehead atoms. The number of halogens is 1. The van der Waals surface area contributed by atoms with Crippen LogP contribution in [0.3, 0.4) is 0 Å². The fourth-order valence-electron chi connectivity index (χ4n) is 3.49. The standard InChI is InChI=1S/C23H25FN8O/c1-5-32-12-19-22(31-32)30-20(11-26-19)28-14(3)17-9-16(6-7-18(17)24)29-23(33)15-8-13(2)21(25-4)27-10-15/h6-12,14H,5H2,1-4H3,(H,25,27)(H,29,33)(H,28,30,31)/t14-/m0/s1. The average Bonchev–Trinajstić information content (AvgIpc) is 3.22. The molecule has 33 heavy (non-hydrogen) atoms. The molecule has 0 radical (unpaired) electrons. The van der Waals surface area contributed by atoms with Gasteiger partial charge in [0.05, 0.1) is 24.0 Å². The molecule has 0 saturated carbocycles. The summed E-state index contributed by atoms with van der Waals surface area (Å²) in [6, 6.07) is 5.77. The zero-order chi connectivity index (χ0) is 23.5. The maximum atomic E-state index is 14.6. The first-order valence-corrected chi connectivity index (χ1v) is 10.6. The van der Waals surface area contributed by atoms with Crippen molar-refractivity contribution in [3.05, 3.63) is 65.4 Å². The van der Waals surface area contributed by atoms with Crippen LogP contribution in [0.15, 0.2) is 42.9 Å². The molecule has 3 N–H and O–H groups in total. The van der Waals surface area contributed by atoms with E-state index < -0.39 is 11.9 Å². The molecule has 3 aromatic heterocycles. The number of benzene rings is 1. The minimum absolute atomic E-state index is 0.325. The number of nitrogens with one attached hydrogen (secondary N) is 3. The second-order valence-corrected chi connectivity index (χ2v) is 7.64. The predicted octanol–water partition coefficient (Wildman–Crippen LogP) is 4.16. The molecular formula is C23H25FN8O. The molecule has 0 spiro atoms. The van der Waals surface area contributed by atoms with Crippen LogP contribution < -0.4 is 16.0 Å². The molecule has 9 nitrogen and oxygen atoms in total. The first-order valence-electron chi connectivity index (χ1n) is 10.6. The predicted molar refractivity (Wildman–Crippen MR) is 126 cm³/mol. The van der Waals surface area contributed by atoms with Crippen LogP contribution >= 0.6 is 0 Å². The van der Waals surface area contributed by atoms with E-state index in [4.69, 9.17) is 0 Å². The van der Waals surface area contributed by atoms with Crippen molar-refractivity contribution < 1.29 is 9.18 Å². The smallest absolute Gasteiger partial charge is 0.257 e. The lowest BCUT2D eigenvalue weighted by Crippen LogP contribution is -2.15. The lowest BCUT2D eigenvalue weighted by molar-refractivity contribution is 0.102. The Morgan fingerprint density at radius 3 is 2.76 bits per heavy atom. The number of hydrogen-bond acceptors (Lipinski definition) is 7. The Hall–Kier alpha value is -4.08. The minimum atomic E-state index is -0.430. The van der Waals surface area contributed by atoms with Gasteiger partial charge in [0.2, 0.25) is 5.65 Å². The molecule has 0 aliphatic rings. The summed E-state index contributed by atoms with van der Waals surface area (Å²) in [5.41, 5.74) is 3.34. The molecule has 10 heteroatoms. The molecule has 0 saturated heterocycles. The summed E-state index contributed by atoms with van der Waals surface area (Å²) in [6.07, 6.45) is 4.91. The van der Waals surface area contributed by atoms with Gasteiger partial charge < -0.3 is 16.0 Å². The summed E-state index contributed by atoms with van der Waals surface area (Å²) in [5, 5.41) is 13.3. The number of hydrogen-bond donors (Lipinski definition) is 3. The highest BCUT2D eigenvalue weighted by Crippen LogP contribution is 2.25. The van der Waals surface area contributed by atoms with Gasteiger partial charge in [-0.3, -0.25) is 9.48 Å². The van der Waals surface area contributed by atoms with E-state index >= 15 is 0 Å². The Bertz CT molecular complexity index is 1320. The molecule has 1 amide bonds. The summed E-state index contributed by atoms with van der Waals surface area (Å²) < 4.78 is 16.4. The van der Waals surface area contributed by atoms with Gasteiger partial charge in [0.15, 0.2) is 0 Å². The van der Waals surface area contributed by atoms with Gasteiger partial charge in [-0.15, -0.1) is 0 Å². The van der Waals surface area contributed by atoms with Gasteiger partial charge in [-0.2, -0.15) is 5.10 Å². The van der Waals surface area contributed by atoms with Crippen LogP contribution in [0, 0.1) is 12.7 Å². The van der Waals surface area contributed by atoms with E-state index in [1.165, 1.54) is 18.3 Å². The average molecular weight is 449 g/mol. The van der Waals surface area contributed by atoms with E-state index in [0.29, 0.717) is 39.6 Å². The molecule has 1 aromatic carbocycles. The van der Waals surface area contributed by atoms with E-state index in [0.717, 1.165) is 12.1 Å². The van der Waals surface area contributed by atoms with E-state index in [1.54, 1.807) is 30.1 Å². The van der Waals surface area contributed by atoms with E-state index in [1.807, 2.05) is 27.0 Å². The number of carbonyl (C=O) groups is 1. The second-order valence-electron chi connectivity index (χ2n) is 7.64. The molecular weight excluding hydrogens is 423 g/mol. The summed E-state index contributed by atoms with van der Waals surface area (Å²) in [6.45, 7) is 6.38. The highest BCUT2D eigenvalue weighted by molar-refractivity contribution is 6.04. The number of carbonyl (C=O) groups excluding carboxylic acids is 1. The molecule has 0 aliphatic carbocycles. The first-order chi connectivity index (χ1) is 15.9. The topological polar surface area (TPSA) is 110 Å².